The molecule has 4 aromatic carbocycles. The number of rotatable bonds is 8. The lowest BCUT2D eigenvalue weighted by atomic mass is 10.0. The van der Waals surface area contributed by atoms with E-state index in [4.69, 9.17) is 4.74 Å². The van der Waals surface area contributed by atoms with E-state index in [1.54, 1.807) is 6.08 Å². The van der Waals surface area contributed by atoms with Crippen molar-refractivity contribution >= 4 is 29.0 Å². The highest BCUT2D eigenvalue weighted by Crippen LogP contribution is 2.20. The zero-order valence-corrected chi connectivity index (χ0v) is 17.5. The lowest BCUT2D eigenvalue weighted by molar-refractivity contribution is -0.104. The van der Waals surface area contributed by atoms with Gasteiger partial charge >= 0.3 is 0 Å². The van der Waals surface area contributed by atoms with Crippen LogP contribution >= 0.6 is 0 Å². The third-order valence-corrected chi connectivity index (χ3v) is 5.18. The summed E-state index contributed by atoms with van der Waals surface area (Å²) in [7, 11) is 0. The predicted octanol–water partition coefficient (Wildman–Crippen LogP) is 5.56. The molecular formula is C28H23NO3. The average Bonchev–Trinajstić information content (AvgIpc) is 2.85. The third kappa shape index (κ3) is 5.10. The van der Waals surface area contributed by atoms with E-state index in [0.717, 1.165) is 27.6 Å². The molecule has 1 N–H and O–H groups in total. The van der Waals surface area contributed by atoms with Gasteiger partial charge in [-0.15, -0.1) is 0 Å². The van der Waals surface area contributed by atoms with Gasteiger partial charge in [0, 0.05) is 12.1 Å². The molecule has 0 unspecified atom stereocenters. The molecule has 0 spiro atoms. The van der Waals surface area contributed by atoms with E-state index in [-0.39, 0.29) is 5.91 Å². The molecule has 0 heterocycles. The molecule has 32 heavy (non-hydrogen) atoms. The van der Waals surface area contributed by atoms with E-state index in [1.165, 1.54) is 6.08 Å². The van der Waals surface area contributed by atoms with Crippen LogP contribution in [0, 0.1) is 0 Å². The van der Waals surface area contributed by atoms with Gasteiger partial charge in [0.25, 0.3) is 5.91 Å². The van der Waals surface area contributed by atoms with Crippen LogP contribution in [0.4, 0.5) is 0 Å². The van der Waals surface area contributed by atoms with E-state index in [1.807, 2.05) is 72.8 Å². The molecule has 0 radical (unpaired) electrons. The summed E-state index contributed by atoms with van der Waals surface area (Å²) in [5.74, 6) is 0.560. The number of carbonyl (C=O) groups excluding carboxylic acids is 2. The Kier molecular flexibility index (Phi) is 6.73. The van der Waals surface area contributed by atoms with Crippen molar-refractivity contribution in [3.8, 4) is 5.75 Å². The fourth-order valence-electron chi connectivity index (χ4n) is 3.58. The Morgan fingerprint density at radius 3 is 2.50 bits per heavy atom. The highest BCUT2D eigenvalue weighted by Gasteiger charge is 2.12. The molecule has 0 fully saturated rings. The third-order valence-electron chi connectivity index (χ3n) is 5.18. The summed E-state index contributed by atoms with van der Waals surface area (Å²) < 4.78 is 5.82. The standard InChI is InChI=1S/C28H23NO3/c30-17-7-11-23-16-15-21(20-32-25-12-2-1-3-13-25)18-27(23)28(31)29-19-24-10-6-9-22-8-4-5-14-26(22)24/h1-18H,19-20H2,(H,29,31)/b11-7+. The van der Waals surface area contributed by atoms with Crippen molar-refractivity contribution in [2.45, 2.75) is 13.2 Å². The van der Waals surface area contributed by atoms with Gasteiger partial charge in [-0.3, -0.25) is 9.59 Å². The molecule has 0 atom stereocenters. The molecule has 4 rings (SSSR count). The smallest absolute Gasteiger partial charge is 0.252 e. The number of ether oxygens (including phenoxy) is 1. The largest absolute Gasteiger partial charge is 0.489 e. The van der Waals surface area contributed by atoms with Crippen molar-refractivity contribution in [2.24, 2.45) is 0 Å². The molecule has 0 aromatic heterocycles. The van der Waals surface area contributed by atoms with Gasteiger partial charge in [-0.1, -0.05) is 78.9 Å². The highest BCUT2D eigenvalue weighted by atomic mass is 16.5. The van der Waals surface area contributed by atoms with Gasteiger partial charge in [0.15, 0.2) is 0 Å². The summed E-state index contributed by atoms with van der Waals surface area (Å²) in [5, 5.41) is 5.27. The number of hydrogen-bond donors (Lipinski definition) is 1. The van der Waals surface area contributed by atoms with E-state index in [9.17, 15) is 9.59 Å². The Labute approximate surface area is 187 Å². The fourth-order valence-corrected chi connectivity index (χ4v) is 3.58. The second-order valence-corrected chi connectivity index (χ2v) is 7.34. The SMILES string of the molecule is O=C/C=C/c1ccc(COc2ccccc2)cc1C(=O)NCc1cccc2ccccc12. The van der Waals surface area contributed by atoms with Crippen LogP contribution in [-0.2, 0) is 17.9 Å². The minimum absolute atomic E-state index is 0.204. The maximum absolute atomic E-state index is 13.1. The number of nitrogens with one attached hydrogen (secondary N) is 1. The number of hydrogen-bond acceptors (Lipinski definition) is 3. The second kappa shape index (κ2) is 10.2. The Balaban J connectivity index is 1.54. The lowest BCUT2D eigenvalue weighted by Crippen LogP contribution is -2.24. The van der Waals surface area contributed by atoms with Gasteiger partial charge in [-0.05, 0) is 51.7 Å². The number of carbonyl (C=O) groups is 2. The number of allylic oxidation sites excluding steroid dienone is 1. The van der Waals surface area contributed by atoms with Crippen LogP contribution < -0.4 is 10.1 Å². The van der Waals surface area contributed by atoms with Crippen LogP contribution in [0.1, 0.15) is 27.0 Å². The quantitative estimate of drug-likeness (QED) is 0.299. The van der Waals surface area contributed by atoms with Gasteiger partial charge in [-0.2, -0.15) is 0 Å². The normalized spacial score (nSPS) is 10.9. The molecule has 0 bridgehead atoms. The Morgan fingerprint density at radius 2 is 1.66 bits per heavy atom. The first-order chi connectivity index (χ1) is 15.7. The Bertz CT molecular complexity index is 1260. The minimum atomic E-state index is -0.204. The van der Waals surface area contributed by atoms with Crippen molar-refractivity contribution in [1.29, 1.82) is 0 Å². The van der Waals surface area contributed by atoms with E-state index >= 15 is 0 Å². The summed E-state index contributed by atoms with van der Waals surface area (Å²) in [6.07, 6.45) is 3.73. The molecule has 0 aliphatic carbocycles. The highest BCUT2D eigenvalue weighted by molar-refractivity contribution is 5.99. The molecule has 0 saturated carbocycles. The van der Waals surface area contributed by atoms with Crippen molar-refractivity contribution < 1.29 is 14.3 Å². The maximum atomic E-state index is 13.1. The molecule has 4 aromatic rings. The van der Waals surface area contributed by atoms with Gasteiger partial charge in [-0.25, -0.2) is 0 Å². The number of aldehydes is 1. The molecule has 0 aliphatic rings. The van der Waals surface area contributed by atoms with Crippen LogP contribution in [-0.4, -0.2) is 12.2 Å². The molecule has 4 nitrogen and oxygen atoms in total. The number of para-hydroxylation sites is 1. The minimum Gasteiger partial charge on any atom is -0.489 e. The average molecular weight is 421 g/mol. The molecule has 4 heteroatoms. The van der Waals surface area contributed by atoms with Crippen molar-refractivity contribution in [2.75, 3.05) is 0 Å². The topological polar surface area (TPSA) is 55.4 Å². The fraction of sp³-hybridized carbons (Fsp3) is 0.0714. The van der Waals surface area contributed by atoms with Gasteiger partial charge in [0.2, 0.25) is 0 Å². The van der Waals surface area contributed by atoms with E-state index in [0.29, 0.717) is 30.6 Å². The van der Waals surface area contributed by atoms with Crippen LogP contribution in [0.3, 0.4) is 0 Å². The van der Waals surface area contributed by atoms with Crippen LogP contribution in [0.2, 0.25) is 0 Å². The molecule has 0 aliphatic heterocycles. The maximum Gasteiger partial charge on any atom is 0.252 e. The Hall–Kier alpha value is -4.18. The van der Waals surface area contributed by atoms with Gasteiger partial charge in [0.05, 0.1) is 0 Å². The molecule has 158 valence electrons. The van der Waals surface area contributed by atoms with Crippen molar-refractivity contribution in [1.82, 2.24) is 5.32 Å². The Morgan fingerprint density at radius 1 is 0.875 bits per heavy atom. The van der Waals surface area contributed by atoms with Gasteiger partial charge in [0.1, 0.15) is 18.6 Å². The van der Waals surface area contributed by atoms with Crippen LogP contribution in [0.25, 0.3) is 16.8 Å². The summed E-state index contributed by atoms with van der Waals surface area (Å²) in [6.45, 7) is 0.743. The monoisotopic (exact) mass is 421 g/mol. The van der Waals surface area contributed by atoms with E-state index in [2.05, 4.69) is 23.5 Å². The number of amides is 1. The molecule has 0 saturated heterocycles. The summed E-state index contributed by atoms with van der Waals surface area (Å²) in [4.78, 5) is 23.9. The number of benzene rings is 4. The first-order valence-electron chi connectivity index (χ1n) is 10.4. The van der Waals surface area contributed by atoms with Crippen molar-refractivity contribution in [3.05, 3.63) is 119 Å². The predicted molar refractivity (Wildman–Crippen MR) is 127 cm³/mol. The first-order valence-corrected chi connectivity index (χ1v) is 10.4. The molecule has 1 amide bonds. The zero-order chi connectivity index (χ0) is 22.2. The first kappa shape index (κ1) is 21.1. The number of fused-ring (bicyclic) bond motifs is 1. The second-order valence-electron chi connectivity index (χ2n) is 7.34. The summed E-state index contributed by atoms with van der Waals surface area (Å²) >= 11 is 0. The van der Waals surface area contributed by atoms with Crippen molar-refractivity contribution in [3.63, 3.8) is 0 Å². The molecular weight excluding hydrogens is 398 g/mol. The van der Waals surface area contributed by atoms with Crippen LogP contribution in [0.15, 0.2) is 97.1 Å². The summed E-state index contributed by atoms with van der Waals surface area (Å²) in [5.41, 5.74) is 3.09. The zero-order valence-electron chi connectivity index (χ0n) is 17.5. The summed E-state index contributed by atoms with van der Waals surface area (Å²) in [6, 6.07) is 29.2. The van der Waals surface area contributed by atoms with E-state index < -0.39 is 0 Å². The lowest BCUT2D eigenvalue weighted by Gasteiger charge is -2.12. The van der Waals surface area contributed by atoms with Gasteiger partial charge < -0.3 is 10.1 Å². The van der Waals surface area contributed by atoms with Crippen LogP contribution in [0.5, 0.6) is 5.75 Å².